The van der Waals surface area contributed by atoms with Gasteiger partial charge >= 0.3 is 0 Å². The minimum atomic E-state index is 0.0457. The third-order valence-corrected chi connectivity index (χ3v) is 4.56. The Balaban J connectivity index is 1.81. The molecule has 1 aromatic rings. The van der Waals surface area contributed by atoms with Crippen molar-refractivity contribution in [2.24, 2.45) is 5.92 Å². The maximum atomic E-state index is 12.3. The van der Waals surface area contributed by atoms with Crippen molar-refractivity contribution >= 4 is 17.5 Å². The number of carbonyl (C=O) groups excluding carboxylic acids is 2. The van der Waals surface area contributed by atoms with Gasteiger partial charge in [0.15, 0.2) is 6.54 Å². The molecule has 2 N–H and O–H groups in total. The monoisotopic (exact) mass is 332 g/mol. The van der Waals surface area contributed by atoms with Crippen molar-refractivity contribution in [3.05, 3.63) is 29.3 Å². The Morgan fingerprint density at radius 2 is 1.75 bits per heavy atom. The predicted octanol–water partition coefficient (Wildman–Crippen LogP) is 1.02. The van der Waals surface area contributed by atoms with E-state index in [0.29, 0.717) is 18.9 Å². The first kappa shape index (κ1) is 18.5. The second kappa shape index (κ2) is 8.29. The van der Waals surface area contributed by atoms with Crippen LogP contribution in [0, 0.1) is 19.8 Å². The molecule has 24 heavy (non-hydrogen) atoms. The number of carbonyl (C=O) groups is 2. The van der Waals surface area contributed by atoms with Gasteiger partial charge in [-0.15, -0.1) is 0 Å². The number of aryl methyl sites for hydroxylation is 2. The first-order valence-corrected chi connectivity index (χ1v) is 8.84. The summed E-state index contributed by atoms with van der Waals surface area (Å²) in [7, 11) is 0. The van der Waals surface area contributed by atoms with Gasteiger partial charge in [-0.25, -0.2) is 0 Å². The molecule has 1 saturated heterocycles. The molecule has 2 rings (SSSR count). The summed E-state index contributed by atoms with van der Waals surface area (Å²) in [5, 5.41) is 3.05. The molecule has 1 heterocycles. The summed E-state index contributed by atoms with van der Waals surface area (Å²) in [6, 6.07) is 6.02. The van der Waals surface area contributed by atoms with Gasteiger partial charge in [0.1, 0.15) is 0 Å². The Bertz CT molecular complexity index is 570. The van der Waals surface area contributed by atoms with Gasteiger partial charge in [-0.1, -0.05) is 32.0 Å². The lowest BCUT2D eigenvalue weighted by Crippen LogP contribution is -3.15. The summed E-state index contributed by atoms with van der Waals surface area (Å²) in [5.41, 5.74) is 3.09. The fourth-order valence-electron chi connectivity index (χ4n) is 3.15. The molecule has 0 aromatic heterocycles. The number of rotatable bonds is 5. The minimum absolute atomic E-state index is 0.0457. The van der Waals surface area contributed by atoms with E-state index in [1.54, 1.807) is 0 Å². The summed E-state index contributed by atoms with van der Waals surface area (Å²) in [6.45, 7) is 11.8. The molecular weight excluding hydrogens is 302 g/mol. The molecule has 0 unspecified atom stereocenters. The van der Waals surface area contributed by atoms with Crippen molar-refractivity contribution in [3.63, 3.8) is 0 Å². The van der Waals surface area contributed by atoms with E-state index in [9.17, 15) is 9.59 Å². The number of amides is 2. The van der Waals surface area contributed by atoms with E-state index in [1.165, 1.54) is 4.90 Å². The van der Waals surface area contributed by atoms with E-state index < -0.39 is 0 Å². The van der Waals surface area contributed by atoms with Crippen LogP contribution in [0.4, 0.5) is 5.69 Å². The molecule has 0 bridgehead atoms. The van der Waals surface area contributed by atoms with Crippen LogP contribution in [0.2, 0.25) is 0 Å². The first-order valence-electron chi connectivity index (χ1n) is 8.84. The van der Waals surface area contributed by atoms with Crippen LogP contribution in [-0.2, 0) is 9.59 Å². The van der Waals surface area contributed by atoms with Gasteiger partial charge < -0.3 is 15.1 Å². The summed E-state index contributed by atoms with van der Waals surface area (Å²) >= 11 is 0. The molecule has 0 saturated carbocycles. The topological polar surface area (TPSA) is 53.9 Å². The molecule has 1 fully saturated rings. The number of para-hydroxylation sites is 1. The van der Waals surface area contributed by atoms with Crippen molar-refractivity contribution in [2.75, 3.05) is 38.0 Å². The average Bonchev–Trinajstić information content (AvgIpc) is 2.51. The highest BCUT2D eigenvalue weighted by Gasteiger charge is 2.25. The highest BCUT2D eigenvalue weighted by Crippen LogP contribution is 2.18. The van der Waals surface area contributed by atoms with Crippen LogP contribution in [0.15, 0.2) is 18.2 Å². The number of nitrogens with one attached hydrogen (secondary N) is 2. The fourth-order valence-corrected chi connectivity index (χ4v) is 3.15. The van der Waals surface area contributed by atoms with Crippen LogP contribution in [-0.4, -0.2) is 49.4 Å². The third-order valence-electron chi connectivity index (χ3n) is 4.56. The Labute approximate surface area is 145 Å². The Hall–Kier alpha value is -1.88. The van der Waals surface area contributed by atoms with Crippen LogP contribution < -0.4 is 10.2 Å². The molecule has 5 heteroatoms. The van der Waals surface area contributed by atoms with Crippen LogP contribution in [0.3, 0.4) is 0 Å². The van der Waals surface area contributed by atoms with E-state index in [1.807, 2.05) is 36.9 Å². The maximum absolute atomic E-state index is 12.3. The fraction of sp³-hybridized carbons (Fsp3) is 0.579. The van der Waals surface area contributed by atoms with E-state index >= 15 is 0 Å². The maximum Gasteiger partial charge on any atom is 0.279 e. The summed E-state index contributed by atoms with van der Waals surface area (Å²) in [5.74, 6) is 0.680. The molecule has 0 spiro atoms. The summed E-state index contributed by atoms with van der Waals surface area (Å²) in [6.07, 6.45) is 0.613. The number of quaternary nitrogens is 1. The van der Waals surface area contributed by atoms with Crippen LogP contribution in [0.1, 0.15) is 31.4 Å². The van der Waals surface area contributed by atoms with E-state index in [2.05, 4.69) is 19.2 Å². The standard InChI is InChI=1S/C19H29N3O2/c1-14(2)12-18(24)22-10-8-21(9-11-22)13-17(23)20-19-15(3)6-5-7-16(19)4/h5-7,14H,8-13H2,1-4H3,(H,20,23)/p+1. The number of anilines is 1. The van der Waals surface area contributed by atoms with Crippen LogP contribution >= 0.6 is 0 Å². The molecule has 0 radical (unpaired) electrons. The molecule has 5 nitrogen and oxygen atoms in total. The van der Waals surface area contributed by atoms with Gasteiger partial charge in [0.25, 0.3) is 5.91 Å². The Morgan fingerprint density at radius 3 is 2.29 bits per heavy atom. The van der Waals surface area contributed by atoms with Crippen LogP contribution in [0.5, 0.6) is 0 Å². The van der Waals surface area contributed by atoms with Gasteiger partial charge in [-0.05, 0) is 30.9 Å². The van der Waals surface area contributed by atoms with E-state index in [-0.39, 0.29) is 11.8 Å². The lowest BCUT2D eigenvalue weighted by atomic mass is 10.1. The lowest BCUT2D eigenvalue weighted by Gasteiger charge is -2.32. The van der Waals surface area contributed by atoms with Crippen molar-refractivity contribution < 1.29 is 14.5 Å². The van der Waals surface area contributed by atoms with Gasteiger partial charge in [0.2, 0.25) is 5.91 Å². The average molecular weight is 332 g/mol. The molecule has 1 aliphatic rings. The van der Waals surface area contributed by atoms with Crippen molar-refractivity contribution in [1.82, 2.24) is 4.90 Å². The van der Waals surface area contributed by atoms with Crippen molar-refractivity contribution in [1.29, 1.82) is 0 Å². The highest BCUT2D eigenvalue weighted by atomic mass is 16.2. The zero-order chi connectivity index (χ0) is 17.7. The number of hydrogen-bond donors (Lipinski definition) is 2. The largest absolute Gasteiger partial charge is 0.331 e. The summed E-state index contributed by atoms with van der Waals surface area (Å²) in [4.78, 5) is 27.6. The Kier molecular flexibility index (Phi) is 6.37. The first-order chi connectivity index (χ1) is 11.4. The summed E-state index contributed by atoms with van der Waals surface area (Å²) < 4.78 is 0. The minimum Gasteiger partial charge on any atom is -0.331 e. The quantitative estimate of drug-likeness (QED) is 0.846. The van der Waals surface area contributed by atoms with Crippen molar-refractivity contribution in [3.8, 4) is 0 Å². The predicted molar refractivity (Wildman–Crippen MR) is 96.1 cm³/mol. The molecule has 1 aromatic carbocycles. The molecule has 132 valence electrons. The number of benzene rings is 1. The highest BCUT2D eigenvalue weighted by molar-refractivity contribution is 5.93. The Morgan fingerprint density at radius 1 is 1.17 bits per heavy atom. The van der Waals surface area contributed by atoms with E-state index in [4.69, 9.17) is 0 Å². The molecule has 0 atom stereocenters. The van der Waals surface area contributed by atoms with Crippen LogP contribution in [0.25, 0.3) is 0 Å². The van der Waals surface area contributed by atoms with Gasteiger partial charge in [0, 0.05) is 12.1 Å². The van der Waals surface area contributed by atoms with Gasteiger partial charge in [-0.3, -0.25) is 9.59 Å². The third kappa shape index (κ3) is 5.06. The SMILES string of the molecule is Cc1cccc(C)c1NC(=O)C[NH+]1CCN(C(=O)CC(C)C)CC1. The zero-order valence-corrected chi connectivity index (χ0v) is 15.3. The molecule has 0 aliphatic carbocycles. The molecular formula is C19H30N3O2+. The molecule has 2 amide bonds. The number of piperazine rings is 1. The number of hydrogen-bond acceptors (Lipinski definition) is 2. The lowest BCUT2D eigenvalue weighted by molar-refractivity contribution is -0.895. The van der Waals surface area contributed by atoms with E-state index in [0.717, 1.165) is 43.0 Å². The normalized spacial score (nSPS) is 15.6. The zero-order valence-electron chi connectivity index (χ0n) is 15.3. The smallest absolute Gasteiger partial charge is 0.279 e. The van der Waals surface area contributed by atoms with Crippen molar-refractivity contribution in [2.45, 2.75) is 34.1 Å². The second-order valence-electron chi connectivity index (χ2n) is 7.22. The van der Waals surface area contributed by atoms with Gasteiger partial charge in [-0.2, -0.15) is 0 Å². The molecule has 1 aliphatic heterocycles. The number of nitrogens with zero attached hydrogens (tertiary/aromatic N) is 1. The second-order valence-corrected chi connectivity index (χ2v) is 7.22. The van der Waals surface area contributed by atoms with Gasteiger partial charge in [0.05, 0.1) is 26.2 Å².